The zero-order chi connectivity index (χ0) is 22.5. The number of hydrogen-bond acceptors (Lipinski definition) is 4. The van der Waals surface area contributed by atoms with Crippen LogP contribution in [0.2, 0.25) is 0 Å². The van der Waals surface area contributed by atoms with Crippen molar-refractivity contribution in [1.29, 1.82) is 0 Å². The maximum atomic E-state index is 13.0. The lowest BCUT2D eigenvalue weighted by Gasteiger charge is -2.25. The molecule has 8 heteroatoms. The molecule has 2 rings (SSSR count). The van der Waals surface area contributed by atoms with E-state index in [0.29, 0.717) is 24.3 Å². The van der Waals surface area contributed by atoms with Gasteiger partial charge in [-0.05, 0) is 60.4 Å². The molecule has 0 radical (unpaired) electrons. The average Bonchev–Trinajstić information content (AvgIpc) is 2.67. The molecule has 30 heavy (non-hydrogen) atoms. The molecular weight excluding hydrogens is 404 g/mol. The van der Waals surface area contributed by atoms with Crippen molar-refractivity contribution < 1.29 is 23.1 Å². The highest BCUT2D eigenvalue weighted by atomic mass is 32.2. The Kier molecular flexibility index (Phi) is 7.75. The van der Waals surface area contributed by atoms with Crippen molar-refractivity contribution in [3.63, 3.8) is 0 Å². The predicted octanol–water partition coefficient (Wildman–Crippen LogP) is 3.94. The van der Waals surface area contributed by atoms with Gasteiger partial charge in [0.25, 0.3) is 5.91 Å². The molecule has 7 nitrogen and oxygen atoms in total. The molecule has 0 aliphatic heterocycles. The van der Waals surface area contributed by atoms with Gasteiger partial charge in [-0.2, -0.15) is 4.31 Å². The van der Waals surface area contributed by atoms with Crippen LogP contribution in [0.15, 0.2) is 53.4 Å². The Hall–Kier alpha value is -2.71. The molecule has 0 saturated heterocycles. The smallest absolute Gasteiger partial charge is 0.335 e. The van der Waals surface area contributed by atoms with Crippen LogP contribution in [0.4, 0.5) is 5.69 Å². The van der Waals surface area contributed by atoms with Gasteiger partial charge in [-0.1, -0.05) is 27.7 Å². The molecule has 0 aliphatic rings. The standard InChI is InChI=1S/C22H28N2O5S/c1-15(2)13-24(14-16(3)4)30(28,29)20-11-7-17(8-12-20)21(25)23-19-9-5-18(6-10-19)22(26)27/h5-12,15-16H,13-14H2,1-4H3,(H,23,25)(H,26,27). The molecule has 0 heterocycles. The van der Waals surface area contributed by atoms with Crippen LogP contribution in [-0.2, 0) is 10.0 Å². The Bertz CT molecular complexity index is 971. The van der Waals surface area contributed by atoms with Gasteiger partial charge >= 0.3 is 5.97 Å². The number of amides is 1. The number of carbonyl (C=O) groups excluding carboxylic acids is 1. The van der Waals surface area contributed by atoms with Crippen LogP contribution in [0.25, 0.3) is 0 Å². The fourth-order valence-corrected chi connectivity index (χ4v) is 4.68. The second-order valence-electron chi connectivity index (χ2n) is 7.97. The fourth-order valence-electron chi connectivity index (χ4n) is 2.91. The lowest BCUT2D eigenvalue weighted by molar-refractivity contribution is 0.0696. The van der Waals surface area contributed by atoms with Crippen molar-refractivity contribution in [2.75, 3.05) is 18.4 Å². The highest BCUT2D eigenvalue weighted by Gasteiger charge is 2.26. The first-order valence-corrected chi connectivity index (χ1v) is 11.2. The van der Waals surface area contributed by atoms with Gasteiger partial charge < -0.3 is 10.4 Å². The number of carboxylic acids is 1. The number of anilines is 1. The number of aromatic carboxylic acids is 1. The van der Waals surface area contributed by atoms with Crippen LogP contribution in [-0.4, -0.2) is 42.8 Å². The summed E-state index contributed by atoms with van der Waals surface area (Å²) in [5.74, 6) is -1.08. The lowest BCUT2D eigenvalue weighted by Crippen LogP contribution is -2.37. The molecular formula is C22H28N2O5S. The number of sulfonamides is 1. The Morgan fingerprint density at radius 1 is 0.867 bits per heavy atom. The molecule has 0 unspecified atom stereocenters. The summed E-state index contributed by atoms with van der Waals surface area (Å²) in [5, 5.41) is 11.6. The minimum absolute atomic E-state index is 0.120. The monoisotopic (exact) mass is 432 g/mol. The van der Waals surface area contributed by atoms with E-state index < -0.39 is 21.9 Å². The number of carboxylic acid groups (broad SMARTS) is 1. The quantitative estimate of drug-likeness (QED) is 0.625. The number of hydrogen-bond donors (Lipinski definition) is 2. The van der Waals surface area contributed by atoms with Crippen molar-refractivity contribution in [2.45, 2.75) is 32.6 Å². The van der Waals surface area contributed by atoms with Gasteiger partial charge in [0.1, 0.15) is 0 Å². The third-order valence-corrected chi connectivity index (χ3v) is 6.13. The SMILES string of the molecule is CC(C)CN(CC(C)C)S(=O)(=O)c1ccc(C(=O)Nc2ccc(C(=O)O)cc2)cc1. The topological polar surface area (TPSA) is 104 Å². The minimum Gasteiger partial charge on any atom is -0.478 e. The van der Waals surface area contributed by atoms with E-state index >= 15 is 0 Å². The molecule has 0 aliphatic carbocycles. The summed E-state index contributed by atoms with van der Waals surface area (Å²) < 4.78 is 27.6. The zero-order valence-corrected chi connectivity index (χ0v) is 18.4. The Labute approximate surface area is 177 Å². The highest BCUT2D eigenvalue weighted by Crippen LogP contribution is 2.20. The summed E-state index contributed by atoms with van der Waals surface area (Å²) in [6.45, 7) is 8.74. The summed E-state index contributed by atoms with van der Waals surface area (Å²) in [4.78, 5) is 23.5. The van der Waals surface area contributed by atoms with E-state index in [1.165, 1.54) is 52.8 Å². The van der Waals surface area contributed by atoms with Crippen LogP contribution < -0.4 is 5.32 Å². The Morgan fingerprint density at radius 2 is 1.33 bits per heavy atom. The minimum atomic E-state index is -3.66. The van der Waals surface area contributed by atoms with E-state index in [0.717, 1.165) is 0 Å². The largest absolute Gasteiger partial charge is 0.478 e. The summed E-state index contributed by atoms with van der Waals surface area (Å²) in [6, 6.07) is 11.6. The average molecular weight is 433 g/mol. The zero-order valence-electron chi connectivity index (χ0n) is 17.6. The van der Waals surface area contributed by atoms with Crippen molar-refractivity contribution in [1.82, 2.24) is 4.31 Å². The van der Waals surface area contributed by atoms with Crippen molar-refractivity contribution >= 4 is 27.6 Å². The first kappa shape index (κ1) is 23.6. The fraction of sp³-hybridized carbons (Fsp3) is 0.364. The van der Waals surface area contributed by atoms with Crippen LogP contribution in [0.3, 0.4) is 0 Å². The molecule has 0 saturated carbocycles. The molecule has 0 bridgehead atoms. The number of benzene rings is 2. The number of nitrogens with zero attached hydrogens (tertiary/aromatic N) is 1. The van der Waals surface area contributed by atoms with E-state index in [9.17, 15) is 18.0 Å². The molecule has 1 amide bonds. The maximum absolute atomic E-state index is 13.0. The molecule has 162 valence electrons. The van der Waals surface area contributed by atoms with Gasteiger partial charge in [0.2, 0.25) is 10.0 Å². The number of rotatable bonds is 9. The van der Waals surface area contributed by atoms with E-state index in [-0.39, 0.29) is 22.3 Å². The van der Waals surface area contributed by atoms with E-state index in [4.69, 9.17) is 5.11 Å². The normalized spacial score (nSPS) is 11.8. The molecule has 0 spiro atoms. The Morgan fingerprint density at radius 3 is 1.77 bits per heavy atom. The van der Waals surface area contributed by atoms with Gasteiger partial charge in [0, 0.05) is 24.3 Å². The van der Waals surface area contributed by atoms with Crippen LogP contribution in [0.1, 0.15) is 48.4 Å². The van der Waals surface area contributed by atoms with E-state index in [2.05, 4.69) is 5.32 Å². The second-order valence-corrected chi connectivity index (χ2v) is 9.91. The summed E-state index contributed by atoms with van der Waals surface area (Å²) in [7, 11) is -3.66. The van der Waals surface area contributed by atoms with Crippen molar-refractivity contribution in [2.24, 2.45) is 11.8 Å². The first-order chi connectivity index (χ1) is 14.0. The highest BCUT2D eigenvalue weighted by molar-refractivity contribution is 7.89. The number of carbonyl (C=O) groups is 2. The summed E-state index contributed by atoms with van der Waals surface area (Å²) in [5.41, 5.74) is 0.868. The molecule has 0 atom stereocenters. The van der Waals surface area contributed by atoms with Crippen LogP contribution in [0, 0.1) is 11.8 Å². The van der Waals surface area contributed by atoms with Gasteiger partial charge in [-0.3, -0.25) is 4.79 Å². The predicted molar refractivity (Wildman–Crippen MR) is 116 cm³/mol. The molecule has 2 aromatic rings. The third kappa shape index (κ3) is 6.14. The third-order valence-electron chi connectivity index (χ3n) is 4.28. The molecule has 2 aromatic carbocycles. The maximum Gasteiger partial charge on any atom is 0.335 e. The number of nitrogens with one attached hydrogen (secondary N) is 1. The Balaban J connectivity index is 2.17. The van der Waals surface area contributed by atoms with Crippen LogP contribution >= 0.6 is 0 Å². The van der Waals surface area contributed by atoms with Gasteiger partial charge in [0.15, 0.2) is 0 Å². The lowest BCUT2D eigenvalue weighted by atomic mass is 10.2. The molecule has 0 aromatic heterocycles. The second kappa shape index (κ2) is 9.86. The van der Waals surface area contributed by atoms with Gasteiger partial charge in [0.05, 0.1) is 10.5 Å². The van der Waals surface area contributed by atoms with Crippen molar-refractivity contribution in [3.05, 3.63) is 59.7 Å². The van der Waals surface area contributed by atoms with Gasteiger partial charge in [-0.25, -0.2) is 13.2 Å². The van der Waals surface area contributed by atoms with Gasteiger partial charge in [-0.15, -0.1) is 0 Å². The molecule has 2 N–H and O–H groups in total. The van der Waals surface area contributed by atoms with E-state index in [1.54, 1.807) is 0 Å². The first-order valence-electron chi connectivity index (χ1n) is 9.75. The molecule has 0 fully saturated rings. The summed E-state index contributed by atoms with van der Waals surface area (Å²) >= 11 is 0. The van der Waals surface area contributed by atoms with E-state index in [1.807, 2.05) is 27.7 Å². The van der Waals surface area contributed by atoms with Crippen LogP contribution in [0.5, 0.6) is 0 Å². The van der Waals surface area contributed by atoms with Crippen molar-refractivity contribution in [3.8, 4) is 0 Å². The summed E-state index contributed by atoms with van der Waals surface area (Å²) in [6.07, 6.45) is 0.